The van der Waals surface area contributed by atoms with E-state index in [4.69, 9.17) is 0 Å². The molecule has 0 spiro atoms. The molecular weight excluding hydrogens is 511 g/mol. The van der Waals surface area contributed by atoms with E-state index in [9.17, 15) is 17.3 Å². The van der Waals surface area contributed by atoms with Gasteiger partial charge in [0.1, 0.15) is 5.41 Å². The molecule has 0 nitrogen and oxygen atoms in total. The smallest absolute Gasteiger partial charge is 0.418 e. The van der Waals surface area contributed by atoms with Crippen LogP contribution in [0, 0.1) is 0 Å². The normalized spacial score (nSPS) is 13.2. The zero-order valence-electron chi connectivity index (χ0n) is 22.3. The number of rotatable bonds is 16. The molecule has 3 rings (SSSR count). The molecule has 1 aliphatic heterocycles. The Bertz CT molecular complexity index is 850. The molecule has 1 heterocycles. The molecule has 2 aromatic rings. The number of hydrogen-bond acceptors (Lipinski definition) is 1. The van der Waals surface area contributed by atoms with Gasteiger partial charge in [-0.05, 0) is 43.2 Å². The van der Waals surface area contributed by atoms with Crippen molar-refractivity contribution in [2.24, 2.45) is 0 Å². The molecule has 2 aromatic carbocycles. The van der Waals surface area contributed by atoms with Crippen LogP contribution in [0.25, 0.3) is 0 Å². The van der Waals surface area contributed by atoms with E-state index in [2.05, 4.69) is 66.9 Å². The van der Waals surface area contributed by atoms with E-state index in [0.717, 1.165) is 0 Å². The molecule has 37 heavy (non-hydrogen) atoms. The molecule has 0 N–H and O–H groups in total. The quantitative estimate of drug-likeness (QED) is 0.0861. The van der Waals surface area contributed by atoms with Crippen LogP contribution in [0.2, 0.25) is 0 Å². The molecule has 206 valence electrons. The minimum Gasteiger partial charge on any atom is -0.418 e. The SMILES string of the molecule is CCCCCCCCCCCCCCCCC=C[S+]1c2ccccc2Sc2ccccc21.F[B-](F)(F)F. The summed E-state index contributed by atoms with van der Waals surface area (Å²) in [4.78, 5) is 5.84. The van der Waals surface area contributed by atoms with Gasteiger partial charge in [-0.25, -0.2) is 0 Å². The van der Waals surface area contributed by atoms with Crippen LogP contribution >= 0.6 is 11.8 Å². The van der Waals surface area contributed by atoms with Crippen molar-refractivity contribution in [2.45, 2.75) is 123 Å². The highest BCUT2D eigenvalue weighted by Gasteiger charge is 2.33. The lowest BCUT2D eigenvalue weighted by Crippen LogP contribution is -2.07. The third-order valence-electron chi connectivity index (χ3n) is 6.35. The molecule has 0 aliphatic carbocycles. The topological polar surface area (TPSA) is 0 Å². The third kappa shape index (κ3) is 14.4. The number of benzene rings is 2. The molecule has 0 bridgehead atoms. The predicted octanol–water partition coefficient (Wildman–Crippen LogP) is 11.9. The van der Waals surface area contributed by atoms with Crippen molar-refractivity contribution in [1.29, 1.82) is 0 Å². The van der Waals surface area contributed by atoms with Gasteiger partial charge in [-0.15, -0.1) is 0 Å². The van der Waals surface area contributed by atoms with Crippen molar-refractivity contribution < 1.29 is 17.3 Å². The first-order valence-electron chi connectivity index (χ1n) is 14.0. The maximum absolute atomic E-state index is 9.75. The van der Waals surface area contributed by atoms with Gasteiger partial charge in [-0.3, -0.25) is 0 Å². The Hall–Kier alpha value is -1.34. The summed E-state index contributed by atoms with van der Waals surface area (Å²) in [5.41, 5.74) is 0. The van der Waals surface area contributed by atoms with Gasteiger partial charge in [0, 0.05) is 0 Å². The van der Waals surface area contributed by atoms with Crippen LogP contribution in [-0.4, -0.2) is 7.25 Å². The molecule has 1 aliphatic rings. The van der Waals surface area contributed by atoms with Crippen LogP contribution in [0.15, 0.2) is 79.6 Å². The maximum Gasteiger partial charge on any atom is 0.673 e. The summed E-state index contributed by atoms with van der Waals surface area (Å²) in [6, 6.07) is 17.9. The standard InChI is InChI=1S/C30H43S2.BF4/c1-2-3-4-5-6-7-8-9-10-11-12-13-14-15-16-21-26-32-29-24-19-17-22-27(29)31-28-23-18-20-25-30(28)32;2-1(3,4)5/h17-26H,2-16H2,1H3;/q+1;-1. The Morgan fingerprint density at radius 2 is 1.00 bits per heavy atom. The van der Waals surface area contributed by atoms with Crippen molar-refractivity contribution in [3.05, 3.63) is 60.0 Å². The minimum atomic E-state index is -6.00. The fourth-order valence-electron chi connectivity index (χ4n) is 4.44. The van der Waals surface area contributed by atoms with Gasteiger partial charge in [-0.1, -0.05) is 126 Å². The van der Waals surface area contributed by atoms with E-state index < -0.39 is 7.25 Å². The first kappa shape index (κ1) is 31.9. The van der Waals surface area contributed by atoms with Gasteiger partial charge < -0.3 is 17.3 Å². The fraction of sp³-hybridized carbons (Fsp3) is 0.533. The monoisotopic (exact) mass is 554 g/mol. The highest BCUT2D eigenvalue weighted by atomic mass is 32.2. The Morgan fingerprint density at radius 3 is 1.43 bits per heavy atom. The van der Waals surface area contributed by atoms with Crippen LogP contribution in [0.1, 0.15) is 103 Å². The molecule has 0 radical (unpaired) electrons. The summed E-state index contributed by atoms with van der Waals surface area (Å²) in [6.07, 6.45) is 23.7. The van der Waals surface area contributed by atoms with Crippen molar-refractivity contribution in [2.75, 3.05) is 0 Å². The average molecular weight is 555 g/mol. The molecule has 0 saturated carbocycles. The van der Waals surface area contributed by atoms with Crippen molar-refractivity contribution in [3.8, 4) is 0 Å². The summed E-state index contributed by atoms with van der Waals surface area (Å²) in [7, 11) is -5.91. The number of fused-ring (bicyclic) bond motifs is 2. The molecule has 0 saturated heterocycles. The summed E-state index contributed by atoms with van der Waals surface area (Å²) < 4.78 is 39.0. The Labute approximate surface area is 229 Å². The van der Waals surface area contributed by atoms with Crippen molar-refractivity contribution >= 4 is 29.9 Å². The van der Waals surface area contributed by atoms with Crippen LogP contribution in [0.3, 0.4) is 0 Å². The summed E-state index contributed by atoms with van der Waals surface area (Å²) >= 11 is 1.92. The average Bonchev–Trinajstić information content (AvgIpc) is 2.87. The Balaban J connectivity index is 0.000000877. The van der Waals surface area contributed by atoms with E-state index in [0.29, 0.717) is 0 Å². The number of halogens is 4. The summed E-state index contributed by atoms with van der Waals surface area (Å²) in [5.74, 6) is 0. The van der Waals surface area contributed by atoms with E-state index in [1.165, 1.54) is 116 Å². The third-order valence-corrected chi connectivity index (χ3v) is 9.88. The molecule has 0 fully saturated rings. The first-order chi connectivity index (χ1) is 17.9. The lowest BCUT2D eigenvalue weighted by Gasteiger charge is -2.16. The van der Waals surface area contributed by atoms with Gasteiger partial charge >= 0.3 is 7.25 Å². The highest BCUT2D eigenvalue weighted by molar-refractivity contribution is 8.05. The summed E-state index contributed by atoms with van der Waals surface area (Å²) in [5, 5.41) is 2.49. The van der Waals surface area contributed by atoms with Gasteiger partial charge in [0.2, 0.25) is 0 Å². The Kier molecular flexibility index (Phi) is 16.2. The van der Waals surface area contributed by atoms with E-state index in [1.807, 2.05) is 11.8 Å². The second-order valence-corrected chi connectivity index (χ2v) is 12.5. The van der Waals surface area contributed by atoms with Crippen molar-refractivity contribution in [3.63, 3.8) is 0 Å². The van der Waals surface area contributed by atoms with Gasteiger partial charge in [-0.2, -0.15) is 0 Å². The van der Waals surface area contributed by atoms with Crippen molar-refractivity contribution in [1.82, 2.24) is 0 Å². The number of unbranched alkanes of at least 4 members (excludes halogenated alkanes) is 14. The molecule has 0 unspecified atom stereocenters. The number of hydrogen-bond donors (Lipinski definition) is 0. The zero-order valence-corrected chi connectivity index (χ0v) is 23.9. The lowest BCUT2D eigenvalue weighted by molar-refractivity contribution is 0.368. The molecular formula is C30H43BF4S2. The van der Waals surface area contributed by atoms with Crippen LogP contribution in [0.4, 0.5) is 17.3 Å². The largest absolute Gasteiger partial charge is 0.673 e. The number of allylic oxidation sites excluding steroid dienone is 1. The highest BCUT2D eigenvalue weighted by Crippen LogP contribution is 2.45. The molecule has 0 amide bonds. The zero-order chi connectivity index (χ0) is 26.8. The molecule has 7 heteroatoms. The maximum atomic E-state index is 9.75. The second-order valence-electron chi connectivity index (χ2n) is 9.58. The van der Waals surface area contributed by atoms with Gasteiger partial charge in [0.05, 0.1) is 20.7 Å². The molecule has 0 atom stereocenters. The fourth-order valence-corrected chi connectivity index (χ4v) is 7.97. The minimum absolute atomic E-state index is 0.0867. The van der Waals surface area contributed by atoms with E-state index in [1.54, 1.807) is 0 Å². The Morgan fingerprint density at radius 1 is 0.622 bits per heavy atom. The van der Waals surface area contributed by atoms with Gasteiger partial charge in [0.25, 0.3) is 0 Å². The first-order valence-corrected chi connectivity index (χ1v) is 16.1. The molecule has 0 aromatic heterocycles. The van der Waals surface area contributed by atoms with Crippen LogP contribution < -0.4 is 0 Å². The van der Waals surface area contributed by atoms with Gasteiger partial charge in [0.15, 0.2) is 9.79 Å². The van der Waals surface area contributed by atoms with Crippen LogP contribution in [0.5, 0.6) is 0 Å². The predicted molar refractivity (Wildman–Crippen MR) is 155 cm³/mol. The van der Waals surface area contributed by atoms with E-state index in [-0.39, 0.29) is 10.9 Å². The lowest BCUT2D eigenvalue weighted by atomic mass is 10.0. The van der Waals surface area contributed by atoms with E-state index >= 15 is 0 Å². The van der Waals surface area contributed by atoms with Crippen LogP contribution in [-0.2, 0) is 10.9 Å². The second kappa shape index (κ2) is 18.8. The summed E-state index contributed by atoms with van der Waals surface area (Å²) in [6.45, 7) is 2.30.